The number of hydrogen-bond acceptors (Lipinski definition) is 7. The average molecular weight is 503 g/mol. The fourth-order valence-electron chi connectivity index (χ4n) is 4.44. The molecule has 1 atom stereocenters. The minimum Gasteiger partial charge on any atom is -0.493 e. The second-order valence-corrected chi connectivity index (χ2v) is 9.05. The third kappa shape index (κ3) is 6.39. The van der Waals surface area contributed by atoms with Gasteiger partial charge in [0.05, 0.1) is 24.0 Å². The van der Waals surface area contributed by atoms with Gasteiger partial charge < -0.3 is 20.3 Å². The summed E-state index contributed by atoms with van der Waals surface area (Å²) in [7, 11) is 0. The van der Waals surface area contributed by atoms with Crippen LogP contribution in [-0.2, 0) is 11.3 Å². The highest BCUT2D eigenvalue weighted by Gasteiger charge is 2.19. The van der Waals surface area contributed by atoms with Gasteiger partial charge in [-0.3, -0.25) is 9.48 Å². The van der Waals surface area contributed by atoms with Gasteiger partial charge in [0, 0.05) is 35.9 Å². The Morgan fingerprint density at radius 3 is 2.95 bits per heavy atom. The summed E-state index contributed by atoms with van der Waals surface area (Å²) in [5.41, 5.74) is 1.82. The van der Waals surface area contributed by atoms with Crippen LogP contribution in [-0.4, -0.2) is 56.3 Å². The molecule has 1 amide bonds. The molecule has 0 saturated carbocycles. The largest absolute Gasteiger partial charge is 0.493 e. The number of halogens is 1. The number of anilines is 3. The van der Waals surface area contributed by atoms with Crippen LogP contribution in [0.2, 0.25) is 0 Å². The lowest BCUT2D eigenvalue weighted by Crippen LogP contribution is -2.28. The van der Waals surface area contributed by atoms with Crippen molar-refractivity contribution in [2.75, 3.05) is 30.3 Å². The molecule has 3 heterocycles. The van der Waals surface area contributed by atoms with Gasteiger partial charge in [0.1, 0.15) is 30.3 Å². The van der Waals surface area contributed by atoms with E-state index >= 15 is 0 Å². The molecule has 0 aliphatic carbocycles. The summed E-state index contributed by atoms with van der Waals surface area (Å²) in [6.07, 6.45) is 8.15. The summed E-state index contributed by atoms with van der Waals surface area (Å²) in [5, 5.41) is 11.0. The summed E-state index contributed by atoms with van der Waals surface area (Å²) in [5.74, 6) is 0.661. The fourth-order valence-corrected chi connectivity index (χ4v) is 4.44. The van der Waals surface area contributed by atoms with E-state index in [0.29, 0.717) is 29.8 Å². The van der Waals surface area contributed by atoms with E-state index in [1.54, 1.807) is 18.5 Å². The van der Waals surface area contributed by atoms with Crippen LogP contribution in [0, 0.1) is 12.7 Å². The molecule has 0 spiro atoms. The Morgan fingerprint density at radius 1 is 1.19 bits per heavy atom. The lowest BCUT2D eigenvalue weighted by Gasteiger charge is -2.20. The number of fused-ring (bicyclic) bond motifs is 1. The summed E-state index contributed by atoms with van der Waals surface area (Å²) in [4.78, 5) is 23.5. The van der Waals surface area contributed by atoms with Crippen LogP contribution in [0.4, 0.5) is 21.6 Å². The molecule has 2 N–H and O–H groups in total. The third-order valence-corrected chi connectivity index (χ3v) is 6.28. The molecule has 9 nitrogen and oxygen atoms in total. The Bertz CT molecular complexity index is 1380. The number of hydrogen-bond donors (Lipinski definition) is 2. The lowest BCUT2D eigenvalue weighted by atomic mass is 10.2. The van der Waals surface area contributed by atoms with Crippen molar-refractivity contribution in [1.29, 1.82) is 0 Å². The van der Waals surface area contributed by atoms with Gasteiger partial charge in [-0.2, -0.15) is 5.10 Å². The Balaban J connectivity index is 1.17. The molecule has 1 aliphatic heterocycles. The van der Waals surface area contributed by atoms with Crippen molar-refractivity contribution in [1.82, 2.24) is 24.6 Å². The molecule has 1 saturated heterocycles. The zero-order chi connectivity index (χ0) is 25.6. The van der Waals surface area contributed by atoms with Crippen molar-refractivity contribution in [2.45, 2.75) is 31.8 Å². The minimum atomic E-state index is -0.413. The molecule has 1 fully saturated rings. The predicted molar refractivity (Wildman–Crippen MR) is 140 cm³/mol. The van der Waals surface area contributed by atoms with E-state index in [-0.39, 0.29) is 12.5 Å². The number of ether oxygens (including phenoxy) is 1. The standard InChI is InChI=1S/C27H29FN7O2/c1-19-5-3-10-34(19)11-4-12-37-23-8-9-24-25(14-23)29-18-30-27(24)33-22-15-31-35(16-22)17-26(36)32-21-7-2-6-20(28)13-21/h2,6-9,13-16,18-19H,1,3-5,10-12,17H2,(H,32,36)(H,29,30,33)/t19-/m1/s1. The molecule has 4 aromatic rings. The van der Waals surface area contributed by atoms with Crippen molar-refractivity contribution in [3.63, 3.8) is 0 Å². The molecule has 10 heteroatoms. The van der Waals surface area contributed by atoms with E-state index < -0.39 is 5.82 Å². The van der Waals surface area contributed by atoms with Crippen LogP contribution in [0.5, 0.6) is 5.75 Å². The molecule has 5 rings (SSSR count). The van der Waals surface area contributed by atoms with Crippen molar-refractivity contribution in [3.05, 3.63) is 73.9 Å². The Kier molecular flexibility index (Phi) is 7.55. The van der Waals surface area contributed by atoms with Crippen molar-refractivity contribution in [2.24, 2.45) is 0 Å². The molecule has 0 bridgehead atoms. The third-order valence-electron chi connectivity index (χ3n) is 6.28. The molecule has 2 aromatic carbocycles. The van der Waals surface area contributed by atoms with Crippen LogP contribution < -0.4 is 15.4 Å². The number of nitrogens with one attached hydrogen (secondary N) is 2. The molecule has 2 aromatic heterocycles. The van der Waals surface area contributed by atoms with E-state index in [9.17, 15) is 9.18 Å². The summed E-state index contributed by atoms with van der Waals surface area (Å²) >= 11 is 0. The van der Waals surface area contributed by atoms with Gasteiger partial charge in [-0.25, -0.2) is 14.4 Å². The number of carbonyl (C=O) groups is 1. The highest BCUT2D eigenvalue weighted by Crippen LogP contribution is 2.26. The topological polar surface area (TPSA) is 97.2 Å². The highest BCUT2D eigenvalue weighted by atomic mass is 19.1. The zero-order valence-corrected chi connectivity index (χ0v) is 20.4. The average Bonchev–Trinajstić information content (AvgIpc) is 3.50. The summed E-state index contributed by atoms with van der Waals surface area (Å²) in [6.45, 7) is 6.93. The number of aromatic nitrogens is 4. The number of benzene rings is 2. The van der Waals surface area contributed by atoms with Gasteiger partial charge in [-0.05, 0) is 63.1 Å². The number of carbonyl (C=O) groups excluding carboxylic acids is 1. The maximum atomic E-state index is 13.3. The first-order chi connectivity index (χ1) is 18.0. The first-order valence-corrected chi connectivity index (χ1v) is 12.3. The van der Waals surface area contributed by atoms with E-state index in [1.807, 2.05) is 18.2 Å². The summed E-state index contributed by atoms with van der Waals surface area (Å²) < 4.78 is 20.8. The fraction of sp³-hybridized carbons (Fsp3) is 0.296. The van der Waals surface area contributed by atoms with Crippen LogP contribution in [0.15, 0.2) is 61.2 Å². The van der Waals surface area contributed by atoms with Crippen LogP contribution in [0.25, 0.3) is 10.9 Å². The van der Waals surface area contributed by atoms with Gasteiger partial charge in [-0.15, -0.1) is 0 Å². The lowest BCUT2D eigenvalue weighted by molar-refractivity contribution is -0.116. The quantitative estimate of drug-likeness (QED) is 0.310. The number of rotatable bonds is 10. The molecule has 1 aliphatic rings. The Labute approximate surface area is 214 Å². The maximum absolute atomic E-state index is 13.3. The molecule has 37 heavy (non-hydrogen) atoms. The molecule has 191 valence electrons. The Hall–Kier alpha value is -4.05. The second kappa shape index (κ2) is 11.3. The van der Waals surface area contributed by atoms with Gasteiger partial charge >= 0.3 is 0 Å². The molecular formula is C27H29FN7O2. The highest BCUT2D eigenvalue weighted by molar-refractivity contribution is 5.92. The maximum Gasteiger partial charge on any atom is 0.246 e. The van der Waals surface area contributed by atoms with Gasteiger partial charge in [-0.1, -0.05) is 6.07 Å². The number of likely N-dealkylation sites (tertiary alicyclic amines) is 1. The number of nitrogens with zero attached hydrogens (tertiary/aromatic N) is 5. The van der Waals surface area contributed by atoms with Crippen molar-refractivity contribution in [3.8, 4) is 5.75 Å². The van der Waals surface area contributed by atoms with Gasteiger partial charge in [0.15, 0.2) is 0 Å². The van der Waals surface area contributed by atoms with Crippen LogP contribution >= 0.6 is 0 Å². The SMILES string of the molecule is [CH2][C@@H]1CCCN1CCCOc1ccc2c(Nc3cnn(CC(=O)Nc4cccc(F)c4)c3)ncnc2c1. The zero-order valence-electron chi connectivity index (χ0n) is 20.4. The summed E-state index contributed by atoms with van der Waals surface area (Å²) in [6, 6.07) is 11.9. The monoisotopic (exact) mass is 502 g/mol. The number of amides is 1. The first kappa shape index (κ1) is 24.6. The van der Waals surface area contributed by atoms with Gasteiger partial charge in [0.25, 0.3) is 0 Å². The van der Waals surface area contributed by atoms with E-state index in [2.05, 4.69) is 37.5 Å². The Morgan fingerprint density at radius 2 is 2.11 bits per heavy atom. The van der Waals surface area contributed by atoms with Crippen molar-refractivity contribution >= 4 is 34.0 Å². The predicted octanol–water partition coefficient (Wildman–Crippen LogP) is 4.42. The van der Waals surface area contributed by atoms with Crippen LogP contribution in [0.1, 0.15) is 19.3 Å². The molecule has 0 unspecified atom stereocenters. The van der Waals surface area contributed by atoms with Crippen molar-refractivity contribution < 1.29 is 13.9 Å². The smallest absolute Gasteiger partial charge is 0.246 e. The van der Waals surface area contributed by atoms with Gasteiger partial charge in [0.2, 0.25) is 5.91 Å². The minimum absolute atomic E-state index is 0.0173. The van der Waals surface area contributed by atoms with E-state index in [0.717, 1.165) is 36.2 Å². The van der Waals surface area contributed by atoms with Crippen LogP contribution in [0.3, 0.4) is 0 Å². The molecule has 1 radical (unpaired) electrons. The normalized spacial score (nSPS) is 15.7. The van der Waals surface area contributed by atoms with E-state index in [1.165, 1.54) is 42.0 Å². The second-order valence-electron chi connectivity index (χ2n) is 9.05. The van der Waals surface area contributed by atoms with E-state index in [4.69, 9.17) is 4.74 Å². The first-order valence-electron chi connectivity index (χ1n) is 12.3. The molecular weight excluding hydrogens is 473 g/mol.